The molecule has 0 fully saturated rings. The second-order valence-electron chi connectivity index (χ2n) is 4.41. The van der Waals surface area contributed by atoms with Gasteiger partial charge in [0, 0.05) is 25.4 Å². The van der Waals surface area contributed by atoms with Crippen molar-refractivity contribution in [3.05, 3.63) is 48.0 Å². The topological polar surface area (TPSA) is 73.7 Å². The number of nitrogens with one attached hydrogen (secondary N) is 2. The van der Waals surface area contributed by atoms with E-state index >= 15 is 0 Å². The molecule has 0 aliphatic heterocycles. The number of hydrogen-bond donors (Lipinski definition) is 2. The summed E-state index contributed by atoms with van der Waals surface area (Å²) in [4.78, 5) is 7.28. The Labute approximate surface area is 118 Å². The van der Waals surface area contributed by atoms with Gasteiger partial charge in [-0.25, -0.2) is 4.98 Å². The van der Waals surface area contributed by atoms with Crippen molar-refractivity contribution >= 4 is 0 Å². The molecule has 2 aromatic rings. The number of rotatable bonds is 8. The molecule has 0 saturated carbocycles. The molecule has 0 unspecified atom stereocenters. The van der Waals surface area contributed by atoms with Crippen LogP contribution >= 0.6 is 0 Å². The monoisotopic (exact) mass is 270 g/mol. The van der Waals surface area contributed by atoms with Crippen molar-refractivity contribution in [3.8, 4) is 11.8 Å². The molecule has 2 N–H and O–H groups in total. The lowest BCUT2D eigenvalue weighted by Crippen LogP contribution is -2.15. The number of nitriles is 1. The molecule has 0 atom stereocenters. The number of hydrogen-bond acceptors (Lipinski definition) is 4. The van der Waals surface area contributed by atoms with Gasteiger partial charge in [-0.15, -0.1) is 0 Å². The molecule has 104 valence electrons. The minimum absolute atomic E-state index is 0.0834. The molecule has 0 saturated heterocycles. The van der Waals surface area contributed by atoms with Crippen molar-refractivity contribution in [1.29, 1.82) is 5.26 Å². The van der Waals surface area contributed by atoms with Crippen LogP contribution < -0.4 is 10.1 Å². The molecule has 0 aliphatic rings. The third-order valence-corrected chi connectivity index (χ3v) is 2.85. The van der Waals surface area contributed by atoms with Gasteiger partial charge in [-0.05, 0) is 30.7 Å². The van der Waals surface area contributed by atoms with Crippen LogP contribution in [0.25, 0.3) is 0 Å². The van der Waals surface area contributed by atoms with Crippen molar-refractivity contribution in [2.45, 2.75) is 19.4 Å². The molecule has 0 bridgehead atoms. The predicted octanol–water partition coefficient (Wildman–Crippen LogP) is 2.03. The Hall–Kier alpha value is -2.32. The Balaban J connectivity index is 1.67. The SMILES string of the molecule is N#CCOc1cccc(CNCCCc2ncc[nH]2)c1. The second-order valence-corrected chi connectivity index (χ2v) is 4.41. The van der Waals surface area contributed by atoms with Crippen LogP contribution in [0.3, 0.4) is 0 Å². The van der Waals surface area contributed by atoms with E-state index < -0.39 is 0 Å². The van der Waals surface area contributed by atoms with Gasteiger partial charge in [-0.1, -0.05) is 12.1 Å². The minimum atomic E-state index is 0.0834. The third kappa shape index (κ3) is 4.75. The maximum Gasteiger partial charge on any atom is 0.174 e. The van der Waals surface area contributed by atoms with Gasteiger partial charge in [0.25, 0.3) is 0 Å². The number of aryl methyl sites for hydroxylation is 1. The van der Waals surface area contributed by atoms with Crippen LogP contribution in [-0.2, 0) is 13.0 Å². The quantitative estimate of drug-likeness (QED) is 0.720. The fourth-order valence-electron chi connectivity index (χ4n) is 1.91. The minimum Gasteiger partial charge on any atom is -0.479 e. The number of H-pyrrole nitrogens is 1. The average Bonchev–Trinajstić information content (AvgIpc) is 2.98. The van der Waals surface area contributed by atoms with Gasteiger partial charge in [0.1, 0.15) is 17.6 Å². The van der Waals surface area contributed by atoms with Gasteiger partial charge in [0.05, 0.1) is 0 Å². The van der Waals surface area contributed by atoms with Crippen molar-refractivity contribution in [2.24, 2.45) is 0 Å². The van der Waals surface area contributed by atoms with E-state index in [1.807, 2.05) is 36.5 Å². The summed E-state index contributed by atoms with van der Waals surface area (Å²) < 4.78 is 5.27. The summed E-state index contributed by atoms with van der Waals surface area (Å²) in [6, 6.07) is 9.75. The van der Waals surface area contributed by atoms with E-state index in [0.29, 0.717) is 0 Å². The first-order valence-corrected chi connectivity index (χ1v) is 6.66. The molecule has 0 radical (unpaired) electrons. The molecular weight excluding hydrogens is 252 g/mol. The van der Waals surface area contributed by atoms with E-state index in [9.17, 15) is 0 Å². The lowest BCUT2D eigenvalue weighted by atomic mass is 10.2. The summed E-state index contributed by atoms with van der Waals surface area (Å²) in [6.07, 6.45) is 5.61. The van der Waals surface area contributed by atoms with Gasteiger partial charge < -0.3 is 15.0 Å². The highest BCUT2D eigenvalue weighted by Gasteiger charge is 1.98. The predicted molar refractivity (Wildman–Crippen MR) is 76.2 cm³/mol. The molecule has 5 heteroatoms. The summed E-state index contributed by atoms with van der Waals surface area (Å²) in [7, 11) is 0. The summed E-state index contributed by atoms with van der Waals surface area (Å²) in [5, 5.41) is 11.9. The van der Waals surface area contributed by atoms with E-state index in [0.717, 1.165) is 43.1 Å². The van der Waals surface area contributed by atoms with Crippen LogP contribution in [0, 0.1) is 11.3 Å². The molecule has 0 spiro atoms. The number of benzene rings is 1. The van der Waals surface area contributed by atoms with E-state index in [1.54, 1.807) is 6.20 Å². The first-order chi connectivity index (χ1) is 9.88. The molecule has 20 heavy (non-hydrogen) atoms. The molecular formula is C15H18N4O. The Bertz CT molecular complexity index is 545. The fourth-order valence-corrected chi connectivity index (χ4v) is 1.91. The smallest absolute Gasteiger partial charge is 0.174 e. The molecule has 1 aromatic heterocycles. The molecule has 1 aromatic carbocycles. The molecule has 0 aliphatic carbocycles. The van der Waals surface area contributed by atoms with Crippen LogP contribution in [0.15, 0.2) is 36.7 Å². The maximum atomic E-state index is 8.48. The van der Waals surface area contributed by atoms with Crippen molar-refractivity contribution in [3.63, 3.8) is 0 Å². The van der Waals surface area contributed by atoms with Crippen molar-refractivity contribution in [1.82, 2.24) is 15.3 Å². The summed E-state index contributed by atoms with van der Waals surface area (Å²) >= 11 is 0. The zero-order valence-corrected chi connectivity index (χ0v) is 11.3. The van der Waals surface area contributed by atoms with Crippen molar-refractivity contribution in [2.75, 3.05) is 13.2 Å². The highest BCUT2D eigenvalue weighted by molar-refractivity contribution is 5.28. The van der Waals surface area contributed by atoms with Crippen LogP contribution in [-0.4, -0.2) is 23.1 Å². The van der Waals surface area contributed by atoms with Gasteiger partial charge in [-0.3, -0.25) is 0 Å². The largest absolute Gasteiger partial charge is 0.479 e. The van der Waals surface area contributed by atoms with Crippen LogP contribution in [0.1, 0.15) is 17.8 Å². The van der Waals surface area contributed by atoms with Crippen molar-refractivity contribution < 1.29 is 4.74 Å². The number of nitrogens with zero attached hydrogens (tertiary/aromatic N) is 2. The number of aromatic amines is 1. The number of imidazole rings is 1. The summed E-state index contributed by atoms with van der Waals surface area (Å²) in [5.74, 6) is 1.76. The standard InChI is InChI=1S/C15H18N4O/c16-6-10-20-14-4-1-3-13(11-14)12-17-7-2-5-15-18-8-9-19-15/h1,3-4,8-9,11,17H,2,5,7,10,12H2,(H,18,19). The first kappa shape index (κ1) is 14.1. The molecule has 0 amide bonds. The van der Waals surface area contributed by atoms with E-state index in [4.69, 9.17) is 10.00 Å². The van der Waals surface area contributed by atoms with Crippen LogP contribution in [0.4, 0.5) is 0 Å². The van der Waals surface area contributed by atoms with E-state index in [2.05, 4.69) is 15.3 Å². The lowest BCUT2D eigenvalue weighted by Gasteiger charge is -2.07. The average molecular weight is 270 g/mol. The zero-order valence-electron chi connectivity index (χ0n) is 11.3. The first-order valence-electron chi connectivity index (χ1n) is 6.66. The van der Waals surface area contributed by atoms with Crippen LogP contribution in [0.2, 0.25) is 0 Å². The second kappa shape index (κ2) is 7.97. The highest BCUT2D eigenvalue weighted by Crippen LogP contribution is 2.12. The Kier molecular flexibility index (Phi) is 5.62. The Morgan fingerprint density at radius 3 is 3.15 bits per heavy atom. The summed E-state index contributed by atoms with van der Waals surface area (Å²) in [6.45, 7) is 1.81. The molecule has 1 heterocycles. The highest BCUT2D eigenvalue weighted by atomic mass is 16.5. The molecule has 5 nitrogen and oxygen atoms in total. The number of aromatic nitrogens is 2. The molecule has 2 rings (SSSR count). The fraction of sp³-hybridized carbons (Fsp3) is 0.333. The Morgan fingerprint density at radius 1 is 1.40 bits per heavy atom. The van der Waals surface area contributed by atoms with Gasteiger partial charge >= 0.3 is 0 Å². The maximum absolute atomic E-state index is 8.48. The van der Waals surface area contributed by atoms with E-state index in [1.165, 1.54) is 0 Å². The van der Waals surface area contributed by atoms with Gasteiger partial charge in [-0.2, -0.15) is 5.26 Å². The van der Waals surface area contributed by atoms with Gasteiger partial charge in [0.2, 0.25) is 0 Å². The zero-order chi connectivity index (χ0) is 14.0. The number of ether oxygens (including phenoxy) is 1. The third-order valence-electron chi connectivity index (χ3n) is 2.85. The normalized spacial score (nSPS) is 10.2. The van der Waals surface area contributed by atoms with Crippen LogP contribution in [0.5, 0.6) is 5.75 Å². The lowest BCUT2D eigenvalue weighted by molar-refractivity contribution is 0.367. The summed E-state index contributed by atoms with van der Waals surface area (Å²) in [5.41, 5.74) is 1.15. The Morgan fingerprint density at radius 2 is 2.35 bits per heavy atom. The van der Waals surface area contributed by atoms with Gasteiger partial charge in [0.15, 0.2) is 6.61 Å². The van der Waals surface area contributed by atoms with E-state index in [-0.39, 0.29) is 6.61 Å².